The molecule has 0 saturated carbocycles. The predicted octanol–water partition coefficient (Wildman–Crippen LogP) is 4.71. The summed E-state index contributed by atoms with van der Waals surface area (Å²) in [6.45, 7) is 4.43. The molecule has 0 aliphatic heterocycles. The van der Waals surface area contributed by atoms with Crippen LogP contribution in [0.1, 0.15) is 32.3 Å². The number of rotatable bonds is 10. The van der Waals surface area contributed by atoms with Crippen LogP contribution < -0.4 is 10.1 Å². The minimum absolute atomic E-state index is 0.188. The molecule has 156 valence electrons. The molecule has 29 heavy (non-hydrogen) atoms. The number of ether oxygens (including phenoxy) is 1. The number of hydrogen-bond donors (Lipinski definition) is 1. The lowest BCUT2D eigenvalue weighted by Gasteiger charge is -2.28. The van der Waals surface area contributed by atoms with Crippen molar-refractivity contribution in [2.24, 2.45) is 0 Å². The molecule has 0 fully saturated rings. The first-order valence-corrected chi connectivity index (χ1v) is 10.4. The van der Waals surface area contributed by atoms with Gasteiger partial charge in [-0.05, 0) is 37.1 Å². The molecule has 0 bridgehead atoms. The summed E-state index contributed by atoms with van der Waals surface area (Å²) in [5.74, 6) is -0.130. The normalized spacial score (nSPS) is 11.6. The SMILES string of the molecule is CCCCNC(=O)C(C)N(Cc1ccccc1)C(=O)COc1ccc(Cl)cc1Cl. The molecule has 0 heterocycles. The third-order valence-corrected chi connectivity index (χ3v) is 4.97. The van der Waals surface area contributed by atoms with Gasteiger partial charge in [0.1, 0.15) is 11.8 Å². The van der Waals surface area contributed by atoms with E-state index < -0.39 is 6.04 Å². The van der Waals surface area contributed by atoms with Crippen molar-refractivity contribution in [3.05, 3.63) is 64.1 Å². The molecule has 2 amide bonds. The number of benzene rings is 2. The summed E-state index contributed by atoms with van der Waals surface area (Å²) in [4.78, 5) is 27.0. The average molecular weight is 437 g/mol. The zero-order valence-corrected chi connectivity index (χ0v) is 18.2. The minimum atomic E-state index is -0.635. The van der Waals surface area contributed by atoms with E-state index in [9.17, 15) is 9.59 Å². The Balaban J connectivity index is 2.10. The molecule has 0 saturated heterocycles. The maximum atomic E-state index is 12.9. The molecule has 0 radical (unpaired) electrons. The second kappa shape index (κ2) is 11.7. The Kier molecular flexibility index (Phi) is 9.29. The highest BCUT2D eigenvalue weighted by molar-refractivity contribution is 6.35. The van der Waals surface area contributed by atoms with Crippen LogP contribution in [-0.4, -0.2) is 35.9 Å². The van der Waals surface area contributed by atoms with Crippen LogP contribution in [0.2, 0.25) is 10.0 Å². The number of nitrogens with zero attached hydrogens (tertiary/aromatic N) is 1. The lowest BCUT2D eigenvalue weighted by atomic mass is 10.1. The summed E-state index contributed by atoms with van der Waals surface area (Å²) in [6, 6.07) is 13.7. The molecule has 0 spiro atoms. The molecular formula is C22H26Cl2N2O3. The van der Waals surface area contributed by atoms with Crippen molar-refractivity contribution in [2.45, 2.75) is 39.3 Å². The highest BCUT2D eigenvalue weighted by atomic mass is 35.5. The maximum absolute atomic E-state index is 12.9. The minimum Gasteiger partial charge on any atom is -0.482 e. The molecule has 0 aliphatic rings. The number of halogens is 2. The van der Waals surface area contributed by atoms with Gasteiger partial charge in [-0.1, -0.05) is 66.9 Å². The molecule has 0 aromatic heterocycles. The van der Waals surface area contributed by atoms with Crippen LogP contribution in [0.15, 0.2) is 48.5 Å². The van der Waals surface area contributed by atoms with Gasteiger partial charge in [0.05, 0.1) is 5.02 Å². The van der Waals surface area contributed by atoms with Crippen molar-refractivity contribution in [2.75, 3.05) is 13.2 Å². The van der Waals surface area contributed by atoms with Crippen LogP contribution in [0.4, 0.5) is 0 Å². The molecule has 2 rings (SSSR count). The smallest absolute Gasteiger partial charge is 0.261 e. The van der Waals surface area contributed by atoms with Crippen molar-refractivity contribution >= 4 is 35.0 Å². The van der Waals surface area contributed by atoms with E-state index in [-0.39, 0.29) is 18.4 Å². The van der Waals surface area contributed by atoms with Gasteiger partial charge >= 0.3 is 0 Å². The number of unbranched alkanes of at least 4 members (excludes halogenated alkanes) is 1. The van der Waals surface area contributed by atoms with Gasteiger partial charge in [0.15, 0.2) is 6.61 Å². The van der Waals surface area contributed by atoms with Crippen LogP contribution in [0.3, 0.4) is 0 Å². The molecule has 7 heteroatoms. The Morgan fingerprint density at radius 1 is 1.14 bits per heavy atom. The first kappa shape index (κ1) is 23.0. The van der Waals surface area contributed by atoms with Gasteiger partial charge in [-0.3, -0.25) is 9.59 Å². The molecule has 2 aromatic rings. The fourth-order valence-electron chi connectivity index (χ4n) is 2.71. The van der Waals surface area contributed by atoms with Crippen molar-refractivity contribution in [3.63, 3.8) is 0 Å². The standard InChI is InChI=1S/C22H26Cl2N2O3/c1-3-4-12-25-22(28)16(2)26(14-17-8-6-5-7-9-17)21(27)15-29-20-11-10-18(23)13-19(20)24/h5-11,13,16H,3-4,12,14-15H2,1-2H3,(H,25,28). The fourth-order valence-corrected chi connectivity index (χ4v) is 3.18. The van der Waals surface area contributed by atoms with Gasteiger partial charge in [-0.15, -0.1) is 0 Å². The molecular weight excluding hydrogens is 411 g/mol. The molecule has 0 aliphatic carbocycles. The average Bonchev–Trinajstić information content (AvgIpc) is 2.71. The van der Waals surface area contributed by atoms with Gasteiger partial charge in [0.25, 0.3) is 5.91 Å². The van der Waals surface area contributed by atoms with E-state index in [0.29, 0.717) is 28.9 Å². The summed E-state index contributed by atoms with van der Waals surface area (Å²) < 4.78 is 5.59. The number of hydrogen-bond acceptors (Lipinski definition) is 3. The van der Waals surface area contributed by atoms with E-state index >= 15 is 0 Å². The van der Waals surface area contributed by atoms with Crippen LogP contribution in [-0.2, 0) is 16.1 Å². The van der Waals surface area contributed by atoms with Crippen LogP contribution >= 0.6 is 23.2 Å². The summed E-state index contributed by atoms with van der Waals surface area (Å²) >= 11 is 12.0. The number of nitrogens with one attached hydrogen (secondary N) is 1. The molecule has 2 aromatic carbocycles. The van der Waals surface area contributed by atoms with Crippen molar-refractivity contribution in [1.82, 2.24) is 10.2 Å². The molecule has 5 nitrogen and oxygen atoms in total. The van der Waals surface area contributed by atoms with E-state index in [1.807, 2.05) is 30.3 Å². The van der Waals surface area contributed by atoms with E-state index in [0.717, 1.165) is 18.4 Å². The second-order valence-corrected chi connectivity index (χ2v) is 7.53. The Hall–Kier alpha value is -2.24. The first-order chi connectivity index (χ1) is 13.9. The predicted molar refractivity (Wildman–Crippen MR) is 116 cm³/mol. The van der Waals surface area contributed by atoms with E-state index in [2.05, 4.69) is 12.2 Å². The molecule has 1 N–H and O–H groups in total. The number of carbonyl (C=O) groups excluding carboxylic acids is 2. The monoisotopic (exact) mass is 436 g/mol. The Morgan fingerprint density at radius 2 is 1.86 bits per heavy atom. The third kappa shape index (κ3) is 7.26. The van der Waals surface area contributed by atoms with Gasteiger partial charge in [0, 0.05) is 18.1 Å². The van der Waals surface area contributed by atoms with E-state index in [1.54, 1.807) is 25.1 Å². The van der Waals surface area contributed by atoms with Crippen LogP contribution in [0.5, 0.6) is 5.75 Å². The topological polar surface area (TPSA) is 58.6 Å². The zero-order chi connectivity index (χ0) is 21.2. The lowest BCUT2D eigenvalue weighted by Crippen LogP contribution is -2.49. The second-order valence-electron chi connectivity index (χ2n) is 6.69. The lowest BCUT2D eigenvalue weighted by molar-refractivity contribution is -0.142. The summed E-state index contributed by atoms with van der Waals surface area (Å²) in [6.07, 6.45) is 1.88. The van der Waals surface area contributed by atoms with E-state index in [4.69, 9.17) is 27.9 Å². The van der Waals surface area contributed by atoms with Crippen LogP contribution in [0.25, 0.3) is 0 Å². The maximum Gasteiger partial charge on any atom is 0.261 e. The number of amides is 2. The van der Waals surface area contributed by atoms with Gasteiger partial charge in [0.2, 0.25) is 5.91 Å². The summed E-state index contributed by atoms with van der Waals surface area (Å²) in [5.41, 5.74) is 0.929. The van der Waals surface area contributed by atoms with Crippen molar-refractivity contribution < 1.29 is 14.3 Å². The highest BCUT2D eigenvalue weighted by Crippen LogP contribution is 2.27. The number of carbonyl (C=O) groups is 2. The zero-order valence-electron chi connectivity index (χ0n) is 16.7. The van der Waals surface area contributed by atoms with Gasteiger partial charge in [-0.25, -0.2) is 0 Å². The van der Waals surface area contributed by atoms with Crippen LogP contribution in [0, 0.1) is 0 Å². The Bertz CT molecular complexity index is 815. The largest absolute Gasteiger partial charge is 0.482 e. The molecule has 1 unspecified atom stereocenters. The fraction of sp³-hybridized carbons (Fsp3) is 0.364. The van der Waals surface area contributed by atoms with Crippen molar-refractivity contribution in [3.8, 4) is 5.75 Å². The summed E-state index contributed by atoms with van der Waals surface area (Å²) in [5, 5.41) is 3.69. The van der Waals surface area contributed by atoms with Crippen molar-refractivity contribution in [1.29, 1.82) is 0 Å². The summed E-state index contributed by atoms with van der Waals surface area (Å²) in [7, 11) is 0. The van der Waals surface area contributed by atoms with E-state index in [1.165, 1.54) is 4.90 Å². The van der Waals surface area contributed by atoms with Gasteiger partial charge in [-0.2, -0.15) is 0 Å². The Labute approximate surface area is 181 Å². The highest BCUT2D eigenvalue weighted by Gasteiger charge is 2.26. The molecule has 1 atom stereocenters. The first-order valence-electron chi connectivity index (χ1n) is 9.61. The Morgan fingerprint density at radius 3 is 2.52 bits per heavy atom. The van der Waals surface area contributed by atoms with Gasteiger partial charge < -0.3 is 15.0 Å². The third-order valence-electron chi connectivity index (χ3n) is 4.44. The quantitative estimate of drug-likeness (QED) is 0.548.